The Morgan fingerprint density at radius 1 is 0.786 bits per heavy atom. The maximum absolute atomic E-state index is 12.5. The molecule has 0 atom stereocenters. The molecule has 0 saturated heterocycles. The standard InChI is InChI=1S/C23H17NO4/c25-21(19-14-24-20-12-6-4-10-17(19)20)15-27-23(26)18-11-5-7-13-22(18)28-16-8-2-1-3-9-16/h1-14,24H,15H2. The molecule has 5 heteroatoms. The summed E-state index contributed by atoms with van der Waals surface area (Å²) in [6.45, 7) is -0.347. The average Bonchev–Trinajstić information content (AvgIpc) is 3.17. The summed E-state index contributed by atoms with van der Waals surface area (Å²) in [5.41, 5.74) is 1.62. The van der Waals surface area contributed by atoms with Gasteiger partial charge in [0.25, 0.3) is 0 Å². The summed E-state index contributed by atoms with van der Waals surface area (Å²) < 4.78 is 11.0. The SMILES string of the molecule is O=C(OCC(=O)c1c[nH]c2ccccc12)c1ccccc1Oc1ccccc1. The largest absolute Gasteiger partial charge is 0.456 e. The van der Waals surface area contributed by atoms with E-state index in [4.69, 9.17) is 9.47 Å². The van der Waals surface area contributed by atoms with E-state index in [1.165, 1.54) is 0 Å². The lowest BCUT2D eigenvalue weighted by molar-refractivity contribution is 0.0472. The fraction of sp³-hybridized carbons (Fsp3) is 0.0435. The second-order valence-corrected chi connectivity index (χ2v) is 6.16. The summed E-state index contributed by atoms with van der Waals surface area (Å²) >= 11 is 0. The normalized spacial score (nSPS) is 10.6. The van der Waals surface area contributed by atoms with Crippen LogP contribution in [0.4, 0.5) is 0 Å². The van der Waals surface area contributed by atoms with E-state index in [9.17, 15) is 9.59 Å². The zero-order valence-corrected chi connectivity index (χ0v) is 14.9. The van der Waals surface area contributed by atoms with Gasteiger partial charge in [-0.15, -0.1) is 0 Å². The van der Waals surface area contributed by atoms with Gasteiger partial charge in [-0.3, -0.25) is 4.79 Å². The average molecular weight is 371 g/mol. The monoisotopic (exact) mass is 371 g/mol. The van der Waals surface area contributed by atoms with Crippen molar-refractivity contribution in [3.63, 3.8) is 0 Å². The first-order valence-corrected chi connectivity index (χ1v) is 8.81. The van der Waals surface area contributed by atoms with Crippen molar-refractivity contribution in [2.75, 3.05) is 6.61 Å². The van der Waals surface area contributed by atoms with E-state index >= 15 is 0 Å². The van der Waals surface area contributed by atoms with Crippen molar-refractivity contribution < 1.29 is 19.1 Å². The van der Waals surface area contributed by atoms with E-state index < -0.39 is 5.97 Å². The molecule has 0 amide bonds. The van der Waals surface area contributed by atoms with Gasteiger partial charge < -0.3 is 14.5 Å². The zero-order chi connectivity index (χ0) is 19.3. The lowest BCUT2D eigenvalue weighted by Crippen LogP contribution is -2.14. The van der Waals surface area contributed by atoms with Crippen LogP contribution in [0.1, 0.15) is 20.7 Å². The highest BCUT2D eigenvalue weighted by molar-refractivity contribution is 6.09. The number of para-hydroxylation sites is 3. The van der Waals surface area contributed by atoms with Crippen LogP contribution < -0.4 is 4.74 Å². The molecule has 3 aromatic carbocycles. The number of ketones is 1. The molecule has 4 aromatic rings. The van der Waals surface area contributed by atoms with E-state index in [-0.39, 0.29) is 18.0 Å². The van der Waals surface area contributed by atoms with Crippen molar-refractivity contribution in [2.24, 2.45) is 0 Å². The molecule has 0 bridgehead atoms. The van der Waals surface area contributed by atoms with Gasteiger partial charge in [0.05, 0.1) is 0 Å². The number of carbonyl (C=O) groups excluding carboxylic acids is 2. The number of Topliss-reactive ketones (excluding diaryl/α,β-unsaturated/α-hetero) is 1. The number of benzene rings is 3. The Morgan fingerprint density at radius 2 is 1.50 bits per heavy atom. The molecule has 1 heterocycles. The number of hydrogen-bond acceptors (Lipinski definition) is 4. The number of fused-ring (bicyclic) bond motifs is 1. The molecular formula is C23H17NO4. The third kappa shape index (κ3) is 3.64. The smallest absolute Gasteiger partial charge is 0.342 e. The minimum Gasteiger partial charge on any atom is -0.456 e. The third-order valence-electron chi connectivity index (χ3n) is 4.30. The Kier molecular flexibility index (Phi) is 4.89. The van der Waals surface area contributed by atoms with Gasteiger partial charge in [-0.1, -0.05) is 48.5 Å². The highest BCUT2D eigenvalue weighted by atomic mass is 16.5. The number of H-pyrrole nitrogens is 1. The number of esters is 1. The Bertz CT molecular complexity index is 1130. The van der Waals surface area contributed by atoms with Crippen LogP contribution in [-0.2, 0) is 4.74 Å². The van der Waals surface area contributed by atoms with E-state index in [2.05, 4.69) is 4.98 Å². The highest BCUT2D eigenvalue weighted by Crippen LogP contribution is 2.26. The van der Waals surface area contributed by atoms with E-state index in [1.807, 2.05) is 42.5 Å². The van der Waals surface area contributed by atoms with Crippen LogP contribution in [0.2, 0.25) is 0 Å². The first-order valence-electron chi connectivity index (χ1n) is 8.81. The summed E-state index contributed by atoms with van der Waals surface area (Å²) in [7, 11) is 0. The van der Waals surface area contributed by atoms with Gasteiger partial charge in [-0.2, -0.15) is 0 Å². The van der Waals surface area contributed by atoms with Crippen molar-refractivity contribution in [3.05, 3.63) is 96.2 Å². The van der Waals surface area contributed by atoms with E-state index in [0.717, 1.165) is 10.9 Å². The van der Waals surface area contributed by atoms with Crippen molar-refractivity contribution >= 4 is 22.7 Å². The molecule has 0 aliphatic heterocycles. The second kappa shape index (κ2) is 7.80. The summed E-state index contributed by atoms with van der Waals surface area (Å²) in [6.07, 6.45) is 1.63. The van der Waals surface area contributed by atoms with Crippen LogP contribution in [0, 0.1) is 0 Å². The van der Waals surface area contributed by atoms with Crippen LogP contribution >= 0.6 is 0 Å². The highest BCUT2D eigenvalue weighted by Gasteiger charge is 2.18. The van der Waals surface area contributed by atoms with Gasteiger partial charge in [0.15, 0.2) is 6.61 Å². The number of hydrogen-bond donors (Lipinski definition) is 1. The molecule has 0 fully saturated rings. The number of aromatic amines is 1. The summed E-state index contributed by atoms with van der Waals surface area (Å²) in [6, 6.07) is 23.4. The topological polar surface area (TPSA) is 68.4 Å². The van der Waals surface area contributed by atoms with Crippen LogP contribution in [0.15, 0.2) is 85.1 Å². The molecule has 1 aromatic heterocycles. The summed E-state index contributed by atoms with van der Waals surface area (Å²) in [4.78, 5) is 28.1. The molecule has 28 heavy (non-hydrogen) atoms. The predicted molar refractivity (Wildman–Crippen MR) is 106 cm³/mol. The first kappa shape index (κ1) is 17.5. The molecule has 138 valence electrons. The fourth-order valence-corrected chi connectivity index (χ4v) is 2.93. The van der Waals surface area contributed by atoms with Crippen molar-refractivity contribution in [1.82, 2.24) is 4.98 Å². The van der Waals surface area contributed by atoms with Gasteiger partial charge in [0.1, 0.15) is 17.1 Å². The maximum Gasteiger partial charge on any atom is 0.342 e. The van der Waals surface area contributed by atoms with Gasteiger partial charge >= 0.3 is 5.97 Å². The molecule has 0 aliphatic rings. The Labute approximate surface area is 161 Å². The molecule has 0 spiro atoms. The number of rotatable bonds is 6. The molecule has 0 saturated carbocycles. The van der Waals surface area contributed by atoms with Crippen LogP contribution in [-0.4, -0.2) is 23.3 Å². The lowest BCUT2D eigenvalue weighted by Gasteiger charge is -2.10. The van der Waals surface area contributed by atoms with E-state index in [0.29, 0.717) is 17.1 Å². The number of aromatic nitrogens is 1. The molecular weight excluding hydrogens is 354 g/mol. The summed E-state index contributed by atoms with van der Waals surface area (Å²) in [5.74, 6) is 0.0999. The molecule has 0 radical (unpaired) electrons. The van der Waals surface area contributed by atoms with Gasteiger partial charge in [-0.25, -0.2) is 4.79 Å². The third-order valence-corrected chi connectivity index (χ3v) is 4.30. The van der Waals surface area contributed by atoms with Crippen LogP contribution in [0.3, 0.4) is 0 Å². The van der Waals surface area contributed by atoms with Gasteiger partial charge in [-0.05, 0) is 30.3 Å². The quantitative estimate of drug-likeness (QED) is 0.382. The van der Waals surface area contributed by atoms with Gasteiger partial charge in [0, 0.05) is 22.7 Å². The molecule has 0 aliphatic carbocycles. The van der Waals surface area contributed by atoms with E-state index in [1.54, 1.807) is 42.6 Å². The maximum atomic E-state index is 12.5. The first-order chi connectivity index (χ1) is 13.7. The molecule has 4 rings (SSSR count). The zero-order valence-electron chi connectivity index (χ0n) is 14.9. The second-order valence-electron chi connectivity index (χ2n) is 6.16. The van der Waals surface area contributed by atoms with Crippen LogP contribution in [0.5, 0.6) is 11.5 Å². The minimum absolute atomic E-state index is 0.262. The van der Waals surface area contributed by atoms with Crippen molar-refractivity contribution in [1.29, 1.82) is 0 Å². The lowest BCUT2D eigenvalue weighted by atomic mass is 10.1. The fourth-order valence-electron chi connectivity index (χ4n) is 2.93. The minimum atomic E-state index is -0.611. The van der Waals surface area contributed by atoms with Crippen LogP contribution in [0.25, 0.3) is 10.9 Å². The number of carbonyl (C=O) groups is 2. The number of ether oxygens (including phenoxy) is 2. The Balaban J connectivity index is 1.48. The predicted octanol–water partition coefficient (Wildman–Crippen LogP) is 5.00. The van der Waals surface area contributed by atoms with Crippen molar-refractivity contribution in [2.45, 2.75) is 0 Å². The number of nitrogens with one attached hydrogen (secondary N) is 1. The van der Waals surface area contributed by atoms with Crippen molar-refractivity contribution in [3.8, 4) is 11.5 Å². The molecule has 0 unspecified atom stereocenters. The van der Waals surface area contributed by atoms with Gasteiger partial charge in [0.2, 0.25) is 5.78 Å². The summed E-state index contributed by atoms with van der Waals surface area (Å²) in [5, 5.41) is 0.802. The molecule has 5 nitrogen and oxygen atoms in total. The Morgan fingerprint density at radius 3 is 2.36 bits per heavy atom. The Hall–Kier alpha value is -3.86. The molecule has 1 N–H and O–H groups in total.